The fraction of sp³-hybridized carbons (Fsp3) is 0.286. The molecule has 1 aliphatic rings. The van der Waals surface area contributed by atoms with Crippen LogP contribution in [-0.4, -0.2) is 20.7 Å². The predicted octanol–water partition coefficient (Wildman–Crippen LogP) is 3.53. The van der Waals surface area contributed by atoms with Crippen molar-refractivity contribution in [2.24, 2.45) is 0 Å². The van der Waals surface area contributed by atoms with Gasteiger partial charge in [0.25, 0.3) is 0 Å². The highest BCUT2D eigenvalue weighted by Gasteiger charge is 2.19. The van der Waals surface area contributed by atoms with Crippen molar-refractivity contribution >= 4 is 0 Å². The lowest BCUT2D eigenvalue weighted by Crippen LogP contribution is -2.34. The van der Waals surface area contributed by atoms with Crippen molar-refractivity contribution in [1.82, 2.24) is 14.9 Å². The molecule has 0 fully saturated rings. The number of hydrogen-bond donors (Lipinski definition) is 2. The average molecular weight is 333 g/mol. The van der Waals surface area contributed by atoms with E-state index in [1.54, 1.807) is 6.07 Å². The highest BCUT2D eigenvalue weighted by atomic mass is 16.3. The molecule has 128 valence electrons. The number of para-hydroxylation sites is 1. The zero-order valence-electron chi connectivity index (χ0n) is 14.4. The zero-order chi connectivity index (χ0) is 17.2. The minimum Gasteiger partial charge on any atom is -0.508 e. The molecule has 2 N–H and O–H groups in total. The zero-order valence-corrected chi connectivity index (χ0v) is 14.4. The summed E-state index contributed by atoms with van der Waals surface area (Å²) >= 11 is 0. The summed E-state index contributed by atoms with van der Waals surface area (Å²) in [5.74, 6) is 1.37. The second-order valence-electron chi connectivity index (χ2n) is 6.74. The van der Waals surface area contributed by atoms with Gasteiger partial charge in [0.05, 0.1) is 11.9 Å². The van der Waals surface area contributed by atoms with Gasteiger partial charge in [-0.2, -0.15) is 0 Å². The average Bonchev–Trinajstić information content (AvgIpc) is 3.01. The molecule has 4 nitrogen and oxygen atoms in total. The molecule has 1 heterocycles. The van der Waals surface area contributed by atoms with Gasteiger partial charge in [0.2, 0.25) is 0 Å². The Balaban J connectivity index is 1.47. The first-order chi connectivity index (χ1) is 12.2. The second kappa shape index (κ2) is 6.73. The van der Waals surface area contributed by atoms with Crippen LogP contribution in [0.5, 0.6) is 5.75 Å². The van der Waals surface area contributed by atoms with Crippen LogP contribution in [-0.2, 0) is 19.4 Å². The number of imidazole rings is 1. The first kappa shape index (κ1) is 15.9. The number of fused-ring (bicyclic) bond motifs is 1. The maximum absolute atomic E-state index is 9.62. The van der Waals surface area contributed by atoms with Gasteiger partial charge in [-0.15, -0.1) is 0 Å². The van der Waals surface area contributed by atoms with Crippen molar-refractivity contribution in [3.8, 4) is 11.4 Å². The van der Waals surface area contributed by atoms with E-state index in [4.69, 9.17) is 0 Å². The number of rotatable bonds is 4. The first-order valence-electron chi connectivity index (χ1n) is 8.83. The summed E-state index contributed by atoms with van der Waals surface area (Å²) in [6.45, 7) is 2.84. The monoisotopic (exact) mass is 333 g/mol. The van der Waals surface area contributed by atoms with Crippen molar-refractivity contribution < 1.29 is 5.11 Å². The number of benzene rings is 2. The molecule has 1 unspecified atom stereocenters. The molecule has 1 aliphatic carbocycles. The van der Waals surface area contributed by atoms with E-state index in [-0.39, 0.29) is 0 Å². The molecule has 0 radical (unpaired) electrons. The van der Waals surface area contributed by atoms with E-state index in [0.717, 1.165) is 37.3 Å². The van der Waals surface area contributed by atoms with Crippen molar-refractivity contribution in [3.05, 3.63) is 77.4 Å². The van der Waals surface area contributed by atoms with Gasteiger partial charge in [-0.05, 0) is 61.6 Å². The summed E-state index contributed by atoms with van der Waals surface area (Å²) in [6.07, 6.45) is 5.07. The van der Waals surface area contributed by atoms with Gasteiger partial charge in [0, 0.05) is 18.3 Å². The molecule has 0 spiro atoms. The Labute approximate surface area is 148 Å². The van der Waals surface area contributed by atoms with Crippen molar-refractivity contribution in [3.63, 3.8) is 0 Å². The van der Waals surface area contributed by atoms with Crippen molar-refractivity contribution in [1.29, 1.82) is 0 Å². The number of aromatic hydroxyl groups is 1. The molecule has 0 amide bonds. The number of aromatic nitrogens is 2. The van der Waals surface area contributed by atoms with Gasteiger partial charge < -0.3 is 10.4 Å². The largest absolute Gasteiger partial charge is 0.508 e. The first-order valence-corrected chi connectivity index (χ1v) is 8.83. The number of nitrogens with zero attached hydrogens (tertiary/aromatic N) is 2. The standard InChI is InChI=1S/C21H23N3O/c1-15-22-13-20(24(15)19-5-3-2-4-6-19)14-23-18-9-7-17-12-21(25)10-8-16(17)11-18/h2-6,8,10,12-13,18,23,25H,7,9,11,14H2,1H3. The van der Waals surface area contributed by atoms with Crippen LogP contribution in [0, 0.1) is 6.92 Å². The highest BCUT2D eigenvalue weighted by Crippen LogP contribution is 2.25. The lowest BCUT2D eigenvalue weighted by molar-refractivity contribution is 0.446. The third-order valence-electron chi connectivity index (χ3n) is 5.02. The van der Waals surface area contributed by atoms with Gasteiger partial charge >= 0.3 is 0 Å². The lowest BCUT2D eigenvalue weighted by atomic mass is 9.88. The van der Waals surface area contributed by atoms with Gasteiger partial charge in [-0.3, -0.25) is 4.57 Å². The van der Waals surface area contributed by atoms with E-state index in [1.165, 1.54) is 16.8 Å². The van der Waals surface area contributed by atoms with Crippen LogP contribution < -0.4 is 5.32 Å². The Morgan fingerprint density at radius 2 is 2.00 bits per heavy atom. The summed E-state index contributed by atoms with van der Waals surface area (Å²) in [6, 6.07) is 16.6. The summed E-state index contributed by atoms with van der Waals surface area (Å²) in [4.78, 5) is 4.50. The number of hydrogen-bond acceptors (Lipinski definition) is 3. The van der Waals surface area contributed by atoms with Gasteiger partial charge in [-0.1, -0.05) is 24.3 Å². The number of phenols is 1. The van der Waals surface area contributed by atoms with Crippen LogP contribution in [0.4, 0.5) is 0 Å². The van der Waals surface area contributed by atoms with Crippen LogP contribution in [0.1, 0.15) is 29.1 Å². The molecule has 0 saturated heterocycles. The highest BCUT2D eigenvalue weighted by molar-refractivity contribution is 5.37. The fourth-order valence-electron chi connectivity index (χ4n) is 3.71. The summed E-state index contributed by atoms with van der Waals surface area (Å²) in [7, 11) is 0. The van der Waals surface area contributed by atoms with E-state index < -0.39 is 0 Å². The van der Waals surface area contributed by atoms with E-state index in [0.29, 0.717) is 11.8 Å². The van der Waals surface area contributed by atoms with Crippen LogP contribution in [0.3, 0.4) is 0 Å². The summed E-state index contributed by atoms with van der Waals surface area (Å²) < 4.78 is 2.21. The molecule has 1 aromatic heterocycles. The molecule has 3 aromatic rings. The van der Waals surface area contributed by atoms with Crippen LogP contribution >= 0.6 is 0 Å². The van der Waals surface area contributed by atoms with Gasteiger partial charge in [-0.25, -0.2) is 4.98 Å². The maximum Gasteiger partial charge on any atom is 0.115 e. The van der Waals surface area contributed by atoms with Crippen molar-refractivity contribution in [2.75, 3.05) is 0 Å². The minimum absolute atomic E-state index is 0.368. The smallest absolute Gasteiger partial charge is 0.115 e. The van der Waals surface area contributed by atoms with Crippen LogP contribution in [0.25, 0.3) is 5.69 Å². The molecule has 1 atom stereocenters. The topological polar surface area (TPSA) is 50.1 Å². The summed E-state index contributed by atoms with van der Waals surface area (Å²) in [5, 5.41) is 13.3. The van der Waals surface area contributed by atoms with Gasteiger partial charge in [0.1, 0.15) is 11.6 Å². The number of nitrogens with one attached hydrogen (secondary N) is 1. The quantitative estimate of drug-likeness (QED) is 0.768. The Bertz CT molecular complexity index is 870. The third-order valence-corrected chi connectivity index (χ3v) is 5.02. The van der Waals surface area contributed by atoms with Gasteiger partial charge in [0.15, 0.2) is 0 Å². The van der Waals surface area contributed by atoms with Crippen LogP contribution in [0.2, 0.25) is 0 Å². The molecular formula is C21H23N3O. The lowest BCUT2D eigenvalue weighted by Gasteiger charge is -2.26. The maximum atomic E-state index is 9.62. The normalized spacial score (nSPS) is 16.6. The SMILES string of the molecule is Cc1ncc(CNC2CCc3cc(O)ccc3C2)n1-c1ccccc1. The molecule has 0 bridgehead atoms. The van der Waals surface area contributed by atoms with E-state index in [2.05, 4.69) is 45.2 Å². The Hall–Kier alpha value is -2.59. The van der Waals surface area contributed by atoms with E-state index in [9.17, 15) is 5.11 Å². The molecule has 25 heavy (non-hydrogen) atoms. The Kier molecular flexibility index (Phi) is 4.28. The Morgan fingerprint density at radius 1 is 1.16 bits per heavy atom. The van der Waals surface area contributed by atoms with Crippen molar-refractivity contribution in [2.45, 2.75) is 38.8 Å². The van der Waals surface area contributed by atoms with Crippen LogP contribution in [0.15, 0.2) is 54.7 Å². The van der Waals surface area contributed by atoms with E-state index in [1.807, 2.05) is 25.3 Å². The summed E-state index contributed by atoms with van der Waals surface area (Å²) in [5.41, 5.74) is 4.96. The third kappa shape index (κ3) is 3.30. The predicted molar refractivity (Wildman–Crippen MR) is 99.1 cm³/mol. The number of aryl methyl sites for hydroxylation is 2. The minimum atomic E-state index is 0.368. The van der Waals surface area contributed by atoms with E-state index >= 15 is 0 Å². The molecule has 4 rings (SSSR count). The second-order valence-corrected chi connectivity index (χ2v) is 6.74. The molecule has 2 aromatic carbocycles. The number of phenolic OH excluding ortho intramolecular Hbond substituents is 1. The fourth-order valence-corrected chi connectivity index (χ4v) is 3.71. The molecule has 0 aliphatic heterocycles. The molecule has 4 heteroatoms. The molecule has 0 saturated carbocycles. The Morgan fingerprint density at radius 3 is 2.84 bits per heavy atom. The molecular weight excluding hydrogens is 310 g/mol.